The van der Waals surface area contributed by atoms with Gasteiger partial charge in [-0.05, 0) is 47.9 Å². The fourth-order valence-electron chi connectivity index (χ4n) is 4.67. The molecule has 3 aromatic carbocycles. The molecule has 1 aromatic heterocycles. The van der Waals surface area contributed by atoms with Crippen molar-refractivity contribution in [3.63, 3.8) is 0 Å². The summed E-state index contributed by atoms with van der Waals surface area (Å²) < 4.78 is 37.1. The van der Waals surface area contributed by atoms with E-state index < -0.39 is 45.5 Å². The molecular formula is C30H28N2O7S4. The van der Waals surface area contributed by atoms with E-state index in [1.54, 1.807) is 24.3 Å². The summed E-state index contributed by atoms with van der Waals surface area (Å²) in [6, 6.07) is 25.8. The lowest BCUT2D eigenvalue weighted by molar-refractivity contribution is -0.160. The maximum Gasteiger partial charge on any atom is 0.359 e. The van der Waals surface area contributed by atoms with E-state index in [-0.39, 0.29) is 11.5 Å². The van der Waals surface area contributed by atoms with Gasteiger partial charge in [0.2, 0.25) is 5.91 Å². The molecule has 5 rings (SSSR count). The smallest absolute Gasteiger partial charge is 0.359 e. The number of hydrogen-bond acceptors (Lipinski definition) is 11. The number of aliphatic hydroxyl groups is 1. The minimum absolute atomic E-state index is 0.319. The number of nitrogens with zero attached hydrogens (tertiary/aromatic N) is 2. The number of esters is 1. The molecule has 4 aromatic rings. The van der Waals surface area contributed by atoms with Crippen molar-refractivity contribution in [3.05, 3.63) is 108 Å². The van der Waals surface area contributed by atoms with E-state index in [4.69, 9.17) is 8.92 Å². The number of rotatable bonds is 11. The van der Waals surface area contributed by atoms with E-state index >= 15 is 0 Å². The van der Waals surface area contributed by atoms with Gasteiger partial charge in [0.05, 0.1) is 28.5 Å². The highest BCUT2D eigenvalue weighted by Crippen LogP contribution is 2.49. The number of β-lactam (4-membered cyclic amide) rings is 1. The van der Waals surface area contributed by atoms with Crippen LogP contribution in [0.1, 0.15) is 31.1 Å². The molecule has 1 amide bonds. The molecule has 9 nitrogen and oxygen atoms in total. The second-order valence-electron chi connectivity index (χ2n) is 9.79. The number of likely N-dealkylation sites (tertiary alicyclic amines) is 1. The quantitative estimate of drug-likeness (QED) is 0.0534. The molecule has 1 aliphatic heterocycles. The Labute approximate surface area is 261 Å². The van der Waals surface area contributed by atoms with Gasteiger partial charge in [-0.25, -0.2) is 9.78 Å². The summed E-state index contributed by atoms with van der Waals surface area (Å²) in [5, 5.41) is 9.74. The molecule has 0 bridgehead atoms. The highest BCUT2D eigenvalue weighted by molar-refractivity contribution is 8.77. The highest BCUT2D eigenvalue weighted by Gasteiger charge is 2.54. The largest absolute Gasteiger partial charge is 0.448 e. The van der Waals surface area contributed by atoms with Gasteiger partial charge in [-0.15, -0.1) is 11.3 Å². The van der Waals surface area contributed by atoms with Gasteiger partial charge in [0.25, 0.3) is 0 Å². The van der Waals surface area contributed by atoms with Crippen molar-refractivity contribution in [3.8, 4) is 0 Å². The van der Waals surface area contributed by atoms with Gasteiger partial charge in [0, 0.05) is 0 Å². The van der Waals surface area contributed by atoms with Crippen LogP contribution in [-0.2, 0) is 28.6 Å². The number of fused-ring (bicyclic) bond motifs is 1. The van der Waals surface area contributed by atoms with Gasteiger partial charge < -0.3 is 14.0 Å². The van der Waals surface area contributed by atoms with Crippen LogP contribution in [0.25, 0.3) is 10.2 Å². The van der Waals surface area contributed by atoms with Gasteiger partial charge in [-0.3, -0.25) is 9.69 Å². The molecular weight excluding hydrogens is 629 g/mol. The number of aliphatic hydroxyl groups excluding tert-OH is 1. The number of amides is 1. The molecule has 0 aliphatic carbocycles. The summed E-state index contributed by atoms with van der Waals surface area (Å²) in [6.07, 6.45) is -1.04. The number of allylic oxidation sites excluding steroid dienone is 1. The lowest BCUT2D eigenvalue weighted by atomic mass is 9.92. The SMILES string of the molecule is C/C(OS(C)(=O)=O)=C(/C(=O)OC(c1ccccc1)c1ccccc1)N1C(=O)C([C@H](C)O)C1SSc1nc2ccccc2s1. The molecule has 0 radical (unpaired) electrons. The van der Waals surface area contributed by atoms with Crippen molar-refractivity contribution in [1.82, 2.24) is 9.88 Å². The zero-order valence-electron chi connectivity index (χ0n) is 23.3. The average Bonchev–Trinajstić information content (AvgIpc) is 3.39. The molecule has 43 heavy (non-hydrogen) atoms. The molecule has 1 saturated heterocycles. The first-order valence-electron chi connectivity index (χ1n) is 13.1. The topological polar surface area (TPSA) is 123 Å². The minimum Gasteiger partial charge on any atom is -0.448 e. The average molecular weight is 657 g/mol. The van der Waals surface area contributed by atoms with Crippen molar-refractivity contribution in [2.24, 2.45) is 5.92 Å². The standard InChI is InChI=1S/C30H28N2O7S4/c1-18(33)24-27(34)32(28(24)41-42-30-31-22-16-10-11-17-23(22)40-30)25(19(2)39-43(3,36)37)29(35)38-26(20-12-6-4-7-13-20)21-14-8-5-9-15-21/h4-18,24,26,28,33H,1-3H3/b25-19+/t18-,24?,28?/m0/s1. The molecule has 1 N–H and O–H groups in total. The van der Waals surface area contributed by atoms with Crippen LogP contribution in [0, 0.1) is 5.92 Å². The molecule has 2 heterocycles. The molecule has 3 atom stereocenters. The third-order valence-electron chi connectivity index (χ3n) is 6.57. The summed E-state index contributed by atoms with van der Waals surface area (Å²) in [4.78, 5) is 33.2. The summed E-state index contributed by atoms with van der Waals surface area (Å²) >= 11 is 1.48. The van der Waals surface area contributed by atoms with Crippen LogP contribution in [0.4, 0.5) is 0 Å². The molecule has 0 spiro atoms. The third kappa shape index (κ3) is 7.07. The van der Waals surface area contributed by atoms with E-state index in [0.29, 0.717) is 11.1 Å². The monoisotopic (exact) mass is 656 g/mol. The summed E-state index contributed by atoms with van der Waals surface area (Å²) in [6.45, 7) is 2.79. The van der Waals surface area contributed by atoms with E-state index in [2.05, 4.69) is 4.98 Å². The van der Waals surface area contributed by atoms with E-state index in [1.807, 2.05) is 60.7 Å². The van der Waals surface area contributed by atoms with Crippen LogP contribution in [0.15, 0.2) is 101 Å². The first-order valence-corrected chi connectivity index (χ1v) is 18.0. The summed E-state index contributed by atoms with van der Waals surface area (Å²) in [5.74, 6) is -2.69. The van der Waals surface area contributed by atoms with Crippen LogP contribution in [0.3, 0.4) is 0 Å². The fourth-order valence-corrected chi connectivity index (χ4v) is 9.32. The van der Waals surface area contributed by atoms with Crippen LogP contribution in [0.5, 0.6) is 0 Å². The molecule has 224 valence electrons. The predicted molar refractivity (Wildman–Crippen MR) is 168 cm³/mol. The Morgan fingerprint density at radius 1 is 1.00 bits per heavy atom. The van der Waals surface area contributed by atoms with Crippen molar-refractivity contribution >= 4 is 65.1 Å². The first kappa shape index (κ1) is 31.1. The van der Waals surface area contributed by atoms with Crippen LogP contribution >= 0.6 is 32.9 Å². The third-order valence-corrected chi connectivity index (χ3v) is 11.2. The molecule has 2 unspecified atom stereocenters. The number of ether oxygens (including phenoxy) is 1. The Morgan fingerprint density at radius 3 is 2.14 bits per heavy atom. The van der Waals surface area contributed by atoms with E-state index in [9.17, 15) is 23.1 Å². The van der Waals surface area contributed by atoms with Crippen molar-refractivity contribution in [1.29, 1.82) is 0 Å². The lowest BCUT2D eigenvalue weighted by Gasteiger charge is -2.47. The number of thiazole rings is 1. The Balaban J connectivity index is 1.50. The number of carbonyl (C=O) groups excluding carboxylic acids is 2. The van der Waals surface area contributed by atoms with Gasteiger partial charge in [0.15, 0.2) is 16.1 Å². The number of carbonyl (C=O) groups is 2. The van der Waals surface area contributed by atoms with Crippen molar-refractivity contribution in [2.75, 3.05) is 6.26 Å². The number of hydrogen-bond donors (Lipinski definition) is 1. The predicted octanol–water partition coefficient (Wildman–Crippen LogP) is 5.74. The summed E-state index contributed by atoms with van der Waals surface area (Å²) in [5.41, 5.74) is 1.83. The minimum atomic E-state index is -4.06. The molecule has 0 saturated carbocycles. The van der Waals surface area contributed by atoms with Gasteiger partial charge in [0.1, 0.15) is 11.1 Å². The molecule has 1 aliphatic rings. The van der Waals surface area contributed by atoms with E-state index in [1.165, 1.54) is 46.8 Å². The van der Waals surface area contributed by atoms with E-state index in [0.717, 1.165) is 25.7 Å². The zero-order valence-corrected chi connectivity index (χ0v) is 26.6. The van der Waals surface area contributed by atoms with Gasteiger partial charge in [-0.1, -0.05) is 83.6 Å². The molecule has 1 fully saturated rings. The normalized spacial score (nSPS) is 18.3. The van der Waals surface area contributed by atoms with Gasteiger partial charge in [-0.2, -0.15) is 8.42 Å². The highest BCUT2D eigenvalue weighted by atomic mass is 33.1. The second-order valence-corrected chi connectivity index (χ2v) is 15.0. The number of aromatic nitrogens is 1. The maximum atomic E-state index is 14.0. The fraction of sp³-hybridized carbons (Fsp3) is 0.233. The van der Waals surface area contributed by atoms with Crippen molar-refractivity contribution < 1.29 is 32.0 Å². The number of para-hydroxylation sites is 1. The Hall–Kier alpha value is -3.36. The first-order chi connectivity index (χ1) is 20.5. The maximum absolute atomic E-state index is 14.0. The molecule has 13 heteroatoms. The lowest BCUT2D eigenvalue weighted by Crippen LogP contribution is -2.63. The van der Waals surface area contributed by atoms with Crippen LogP contribution < -0.4 is 0 Å². The van der Waals surface area contributed by atoms with Gasteiger partial charge >= 0.3 is 16.1 Å². The Bertz CT molecular complexity index is 1690. The second kappa shape index (κ2) is 13.1. The zero-order chi connectivity index (χ0) is 30.7. The van der Waals surface area contributed by atoms with Crippen LogP contribution in [-0.4, -0.2) is 53.0 Å². The Kier molecular flexibility index (Phi) is 9.47. The van der Waals surface area contributed by atoms with Crippen LogP contribution in [0.2, 0.25) is 0 Å². The summed E-state index contributed by atoms with van der Waals surface area (Å²) in [7, 11) is -1.52. The Morgan fingerprint density at radius 2 is 1.58 bits per heavy atom. The van der Waals surface area contributed by atoms with Crippen molar-refractivity contribution in [2.45, 2.75) is 35.8 Å². The number of benzene rings is 3.